The molecule has 1 saturated heterocycles. The molecule has 2 aromatic rings. The Hall–Kier alpha value is -3.22. The molecule has 0 radical (unpaired) electrons. The summed E-state index contributed by atoms with van der Waals surface area (Å²) in [6.07, 6.45) is 0.213. The van der Waals surface area contributed by atoms with Crippen molar-refractivity contribution in [2.75, 3.05) is 19.1 Å². The number of carbonyl (C=O) groups excluding carboxylic acids is 2. The smallest absolute Gasteiger partial charge is 0.345 e. The number of piperidine rings is 1. The highest BCUT2D eigenvalue weighted by atomic mass is 19.1. The molecule has 0 unspecified atom stereocenters. The number of ether oxygens (including phenoxy) is 1. The van der Waals surface area contributed by atoms with Gasteiger partial charge in [-0.2, -0.15) is 4.99 Å². The van der Waals surface area contributed by atoms with Gasteiger partial charge in [0, 0.05) is 19.4 Å². The highest BCUT2D eigenvalue weighted by molar-refractivity contribution is 6.25. The number of hydrogen-bond donors (Lipinski definition) is 0. The molecule has 0 spiro atoms. The first-order valence-corrected chi connectivity index (χ1v) is 8.57. The van der Waals surface area contributed by atoms with Crippen LogP contribution >= 0.6 is 0 Å². The number of urea groups is 1. The largest absolute Gasteiger partial charge is 0.497 e. The summed E-state index contributed by atoms with van der Waals surface area (Å²) in [5.41, 5.74) is 1.43. The zero-order chi connectivity index (χ0) is 19.1. The summed E-state index contributed by atoms with van der Waals surface area (Å²) in [5.74, 6) is 0.318. The van der Waals surface area contributed by atoms with Crippen LogP contribution in [-0.2, 0) is 4.79 Å². The van der Waals surface area contributed by atoms with Gasteiger partial charge in [0.2, 0.25) is 5.91 Å². The van der Waals surface area contributed by atoms with Gasteiger partial charge in [-0.1, -0.05) is 12.1 Å². The first kappa shape index (κ1) is 17.2. The molecule has 3 amide bonds. The number of nitrogens with zero attached hydrogens (tertiary/aromatic N) is 3. The molecule has 0 N–H and O–H groups in total. The third kappa shape index (κ3) is 2.85. The number of rotatable bonds is 3. The fourth-order valence-electron chi connectivity index (χ4n) is 3.70. The van der Waals surface area contributed by atoms with E-state index in [0.29, 0.717) is 11.5 Å². The third-order valence-electron chi connectivity index (χ3n) is 5.08. The minimum Gasteiger partial charge on any atom is -0.497 e. The van der Waals surface area contributed by atoms with Crippen LogP contribution in [0.15, 0.2) is 53.5 Å². The molecule has 2 aliphatic rings. The summed E-state index contributed by atoms with van der Waals surface area (Å²) < 4.78 is 18.5. The van der Waals surface area contributed by atoms with Crippen LogP contribution in [0.3, 0.4) is 0 Å². The lowest BCUT2D eigenvalue weighted by Crippen LogP contribution is -2.54. The Bertz CT molecular complexity index is 924. The molecular formula is C20H18FN3O3. The molecule has 6 nitrogen and oxygen atoms in total. The first-order valence-electron chi connectivity index (χ1n) is 8.57. The maximum absolute atomic E-state index is 13.3. The van der Waals surface area contributed by atoms with Gasteiger partial charge in [-0.05, 0) is 42.0 Å². The Morgan fingerprint density at radius 1 is 1.07 bits per heavy atom. The number of amides is 3. The maximum Gasteiger partial charge on any atom is 0.345 e. The Balaban J connectivity index is 1.75. The Labute approximate surface area is 155 Å². The Morgan fingerprint density at radius 2 is 1.74 bits per heavy atom. The first-order chi connectivity index (χ1) is 13.0. The number of methoxy groups -OCH3 is 1. The van der Waals surface area contributed by atoms with Gasteiger partial charge in [0.05, 0.1) is 18.8 Å². The monoisotopic (exact) mass is 367 g/mol. The van der Waals surface area contributed by atoms with Gasteiger partial charge in [0.15, 0.2) is 0 Å². The number of hydrogen-bond acceptors (Lipinski definition) is 3. The fraction of sp³-hybridized carbons (Fsp3) is 0.250. The number of carbonyl (C=O) groups is 2. The van der Waals surface area contributed by atoms with Gasteiger partial charge in [-0.3, -0.25) is 9.69 Å². The van der Waals surface area contributed by atoms with Crippen LogP contribution in [0.1, 0.15) is 17.9 Å². The highest BCUT2D eigenvalue weighted by Gasteiger charge is 2.48. The average Bonchev–Trinajstić information content (AvgIpc) is 2.97. The highest BCUT2D eigenvalue weighted by Crippen LogP contribution is 2.38. The lowest BCUT2D eigenvalue weighted by Gasteiger charge is -2.39. The molecule has 1 fully saturated rings. The molecule has 0 saturated carbocycles. The minimum atomic E-state index is -0.393. The second-order valence-corrected chi connectivity index (χ2v) is 6.60. The maximum atomic E-state index is 13.3. The van der Waals surface area contributed by atoms with Crippen LogP contribution in [0.5, 0.6) is 5.75 Å². The van der Waals surface area contributed by atoms with E-state index in [1.165, 1.54) is 29.2 Å². The van der Waals surface area contributed by atoms with Crippen molar-refractivity contribution in [1.82, 2.24) is 4.90 Å². The SMILES string of the molecule is COc1ccc([C@H]2CC(=O)N(c3ccc(F)cc3)C3=NC(=O)N(C)[C@H]32)cc1. The average molecular weight is 367 g/mol. The number of likely N-dealkylation sites (N-methyl/N-ethyl adjacent to an activating group) is 1. The van der Waals surface area contributed by atoms with E-state index in [2.05, 4.69) is 4.99 Å². The molecule has 0 aromatic heterocycles. The van der Waals surface area contributed by atoms with E-state index in [1.807, 2.05) is 24.3 Å². The van der Waals surface area contributed by atoms with Crippen molar-refractivity contribution < 1.29 is 18.7 Å². The molecule has 2 atom stereocenters. The third-order valence-corrected chi connectivity index (χ3v) is 5.08. The van der Waals surface area contributed by atoms with Crippen molar-refractivity contribution in [3.63, 3.8) is 0 Å². The summed E-state index contributed by atoms with van der Waals surface area (Å²) in [4.78, 5) is 32.3. The van der Waals surface area contributed by atoms with Crippen LogP contribution in [0.2, 0.25) is 0 Å². The van der Waals surface area contributed by atoms with Crippen molar-refractivity contribution in [2.24, 2.45) is 4.99 Å². The van der Waals surface area contributed by atoms with Gasteiger partial charge < -0.3 is 9.64 Å². The normalized spacial score (nSPS) is 22.0. The van der Waals surface area contributed by atoms with E-state index >= 15 is 0 Å². The Kier molecular flexibility index (Phi) is 4.14. The predicted molar refractivity (Wildman–Crippen MR) is 98.6 cm³/mol. The number of fused-ring (bicyclic) bond motifs is 1. The molecule has 4 rings (SSSR count). The summed E-state index contributed by atoms with van der Waals surface area (Å²) in [7, 11) is 3.27. The zero-order valence-electron chi connectivity index (χ0n) is 14.9. The molecule has 7 heteroatoms. The van der Waals surface area contributed by atoms with Gasteiger partial charge in [-0.25, -0.2) is 9.18 Å². The summed E-state index contributed by atoms with van der Waals surface area (Å²) >= 11 is 0. The minimum absolute atomic E-state index is 0.180. The molecule has 27 heavy (non-hydrogen) atoms. The van der Waals surface area contributed by atoms with E-state index in [1.54, 1.807) is 19.1 Å². The van der Waals surface area contributed by atoms with Crippen LogP contribution in [0.4, 0.5) is 14.9 Å². The molecule has 2 aromatic carbocycles. The quantitative estimate of drug-likeness (QED) is 0.837. The van der Waals surface area contributed by atoms with E-state index < -0.39 is 11.8 Å². The van der Waals surface area contributed by atoms with E-state index in [9.17, 15) is 14.0 Å². The van der Waals surface area contributed by atoms with Gasteiger partial charge in [-0.15, -0.1) is 0 Å². The number of anilines is 1. The van der Waals surface area contributed by atoms with Crippen molar-refractivity contribution in [1.29, 1.82) is 0 Å². The summed E-state index contributed by atoms with van der Waals surface area (Å²) in [6, 6.07) is 12.3. The fourth-order valence-corrected chi connectivity index (χ4v) is 3.70. The van der Waals surface area contributed by atoms with Crippen molar-refractivity contribution in [3.8, 4) is 5.75 Å². The number of amidine groups is 1. The van der Waals surface area contributed by atoms with Crippen LogP contribution in [-0.4, -0.2) is 42.9 Å². The number of benzene rings is 2. The zero-order valence-corrected chi connectivity index (χ0v) is 14.9. The number of halogens is 1. The van der Waals surface area contributed by atoms with E-state index in [-0.39, 0.29) is 24.3 Å². The lowest BCUT2D eigenvalue weighted by molar-refractivity contribution is -0.118. The molecule has 2 aliphatic heterocycles. The van der Waals surface area contributed by atoms with Crippen molar-refractivity contribution >= 4 is 23.5 Å². The molecular weight excluding hydrogens is 349 g/mol. The Morgan fingerprint density at radius 3 is 2.37 bits per heavy atom. The van der Waals surface area contributed by atoms with Crippen LogP contribution in [0.25, 0.3) is 0 Å². The summed E-state index contributed by atoms with van der Waals surface area (Å²) in [6.45, 7) is 0. The molecule has 0 bridgehead atoms. The molecule has 0 aliphatic carbocycles. The second kappa shape index (κ2) is 6.50. The molecule has 138 valence electrons. The topological polar surface area (TPSA) is 62.2 Å². The van der Waals surface area contributed by atoms with Crippen LogP contribution in [0, 0.1) is 5.82 Å². The van der Waals surface area contributed by atoms with Crippen molar-refractivity contribution in [2.45, 2.75) is 18.4 Å². The van der Waals surface area contributed by atoms with Crippen LogP contribution < -0.4 is 9.64 Å². The van der Waals surface area contributed by atoms with E-state index in [0.717, 1.165) is 11.3 Å². The van der Waals surface area contributed by atoms with Crippen molar-refractivity contribution in [3.05, 3.63) is 59.9 Å². The van der Waals surface area contributed by atoms with Gasteiger partial charge in [0.25, 0.3) is 0 Å². The molecule has 2 heterocycles. The van der Waals surface area contributed by atoms with Gasteiger partial charge >= 0.3 is 6.03 Å². The lowest BCUT2D eigenvalue weighted by atomic mass is 9.83. The standard InChI is InChI=1S/C20H18FN3O3/c1-23-18-16(12-3-9-15(27-2)10-4-12)11-17(25)24(19(18)22-20(23)26)14-7-5-13(21)6-8-14/h3-10,16,18H,11H2,1-2H3/t16-,18+/m1/s1. The summed E-state index contributed by atoms with van der Waals surface area (Å²) in [5, 5.41) is 0. The predicted octanol–water partition coefficient (Wildman–Crippen LogP) is 3.19. The van der Waals surface area contributed by atoms with E-state index in [4.69, 9.17) is 4.74 Å². The number of aliphatic imine (C=N–C) groups is 1. The second-order valence-electron chi connectivity index (χ2n) is 6.60. The van der Waals surface area contributed by atoms with Gasteiger partial charge in [0.1, 0.15) is 17.4 Å².